The summed E-state index contributed by atoms with van der Waals surface area (Å²) in [5, 5.41) is 6.67. The number of carbonyl (C=O) groups excluding carboxylic acids is 2. The van der Waals surface area contributed by atoms with Crippen molar-refractivity contribution < 1.29 is 14.1 Å². The van der Waals surface area contributed by atoms with E-state index in [1.54, 1.807) is 4.90 Å². The van der Waals surface area contributed by atoms with E-state index in [0.717, 1.165) is 24.1 Å². The van der Waals surface area contributed by atoms with Gasteiger partial charge in [-0.05, 0) is 26.7 Å². The van der Waals surface area contributed by atoms with E-state index in [4.69, 9.17) is 10.3 Å². The van der Waals surface area contributed by atoms with E-state index in [0.29, 0.717) is 31.9 Å². The van der Waals surface area contributed by atoms with E-state index in [2.05, 4.69) is 10.5 Å². The third-order valence-electron chi connectivity index (χ3n) is 4.10. The van der Waals surface area contributed by atoms with E-state index in [1.807, 2.05) is 13.8 Å². The molecule has 2 rings (SSSR count). The summed E-state index contributed by atoms with van der Waals surface area (Å²) in [6.45, 7) is 5.71. The molecule has 3 N–H and O–H groups in total. The van der Waals surface area contributed by atoms with E-state index < -0.39 is 0 Å². The van der Waals surface area contributed by atoms with Gasteiger partial charge in [-0.15, -0.1) is 12.4 Å². The Labute approximate surface area is 142 Å². The predicted molar refractivity (Wildman–Crippen MR) is 88.3 cm³/mol. The Morgan fingerprint density at radius 3 is 2.78 bits per heavy atom. The summed E-state index contributed by atoms with van der Waals surface area (Å²) in [5.74, 6) is 0.542. The summed E-state index contributed by atoms with van der Waals surface area (Å²) in [6, 6.07) is 0. The third-order valence-corrected chi connectivity index (χ3v) is 4.10. The molecular formula is C15H25ClN4O3. The maximum Gasteiger partial charge on any atom is 0.227 e. The lowest BCUT2D eigenvalue weighted by Gasteiger charge is -2.32. The minimum atomic E-state index is -0.145. The van der Waals surface area contributed by atoms with Gasteiger partial charge in [-0.3, -0.25) is 9.59 Å². The van der Waals surface area contributed by atoms with Gasteiger partial charge in [-0.2, -0.15) is 0 Å². The molecule has 1 aromatic rings. The Morgan fingerprint density at radius 2 is 2.17 bits per heavy atom. The maximum atomic E-state index is 12.5. The van der Waals surface area contributed by atoms with Crippen molar-refractivity contribution in [1.82, 2.24) is 15.4 Å². The van der Waals surface area contributed by atoms with Gasteiger partial charge in [0.1, 0.15) is 5.76 Å². The number of aryl methyl sites for hydroxylation is 2. The average Bonchev–Trinajstić information content (AvgIpc) is 2.84. The monoisotopic (exact) mass is 344 g/mol. The largest absolute Gasteiger partial charge is 0.361 e. The molecular weight excluding hydrogens is 320 g/mol. The van der Waals surface area contributed by atoms with Crippen LogP contribution in [0.2, 0.25) is 0 Å². The van der Waals surface area contributed by atoms with Crippen molar-refractivity contribution in [3.05, 3.63) is 17.0 Å². The lowest BCUT2D eigenvalue weighted by Crippen LogP contribution is -2.46. The van der Waals surface area contributed by atoms with Gasteiger partial charge in [0, 0.05) is 31.7 Å². The molecule has 1 saturated heterocycles. The van der Waals surface area contributed by atoms with Crippen molar-refractivity contribution >= 4 is 24.2 Å². The number of hydrogen-bond acceptors (Lipinski definition) is 5. The molecule has 0 saturated carbocycles. The topological polar surface area (TPSA) is 101 Å². The first kappa shape index (κ1) is 19.4. The third kappa shape index (κ3) is 4.94. The highest BCUT2D eigenvalue weighted by molar-refractivity contribution is 5.85. The van der Waals surface area contributed by atoms with E-state index in [-0.39, 0.29) is 36.6 Å². The Morgan fingerprint density at radius 1 is 1.43 bits per heavy atom. The standard InChI is InChI=1S/C15H24N4O3.ClH/c1-10-13(11(2)22-18-10)8-14(20)19-7-3-4-12(9-19)15(21)17-6-5-16;/h12H,3-9,16H2,1-2H3,(H,17,21);1H. The van der Waals surface area contributed by atoms with Gasteiger partial charge < -0.3 is 20.5 Å². The van der Waals surface area contributed by atoms with Crippen LogP contribution >= 0.6 is 12.4 Å². The van der Waals surface area contributed by atoms with Gasteiger partial charge in [-0.1, -0.05) is 5.16 Å². The normalized spacial score (nSPS) is 17.5. The number of rotatable bonds is 5. The molecule has 1 unspecified atom stereocenters. The minimum Gasteiger partial charge on any atom is -0.361 e. The van der Waals surface area contributed by atoms with Gasteiger partial charge in [0.05, 0.1) is 18.0 Å². The van der Waals surface area contributed by atoms with E-state index in [9.17, 15) is 9.59 Å². The smallest absolute Gasteiger partial charge is 0.227 e. The second-order valence-electron chi connectivity index (χ2n) is 5.74. The lowest BCUT2D eigenvalue weighted by atomic mass is 9.96. The minimum absolute atomic E-state index is 0. The molecule has 1 fully saturated rings. The van der Waals surface area contributed by atoms with Crippen LogP contribution < -0.4 is 11.1 Å². The van der Waals surface area contributed by atoms with E-state index in [1.165, 1.54) is 0 Å². The highest BCUT2D eigenvalue weighted by Crippen LogP contribution is 2.19. The number of nitrogens with one attached hydrogen (secondary N) is 1. The molecule has 2 amide bonds. The van der Waals surface area contributed by atoms with Crippen LogP contribution in [0.3, 0.4) is 0 Å². The molecule has 1 aliphatic rings. The molecule has 1 aliphatic heterocycles. The van der Waals surface area contributed by atoms with Gasteiger partial charge in [-0.25, -0.2) is 0 Å². The number of nitrogens with two attached hydrogens (primary N) is 1. The molecule has 1 atom stereocenters. The zero-order valence-electron chi connectivity index (χ0n) is 13.6. The molecule has 0 aromatic carbocycles. The number of aromatic nitrogens is 1. The summed E-state index contributed by atoms with van der Waals surface area (Å²) in [5.41, 5.74) is 6.99. The van der Waals surface area contributed by atoms with Crippen molar-refractivity contribution in [2.24, 2.45) is 11.7 Å². The van der Waals surface area contributed by atoms with Crippen molar-refractivity contribution in [3.8, 4) is 0 Å². The van der Waals surface area contributed by atoms with Gasteiger partial charge in [0.2, 0.25) is 11.8 Å². The first-order valence-corrected chi connectivity index (χ1v) is 7.70. The molecule has 7 nitrogen and oxygen atoms in total. The zero-order chi connectivity index (χ0) is 16.1. The Balaban J connectivity index is 0.00000264. The Hall–Kier alpha value is -1.60. The quantitative estimate of drug-likeness (QED) is 0.813. The molecule has 0 radical (unpaired) electrons. The number of nitrogens with zero attached hydrogens (tertiary/aromatic N) is 2. The summed E-state index contributed by atoms with van der Waals surface area (Å²) in [4.78, 5) is 26.2. The first-order valence-electron chi connectivity index (χ1n) is 7.70. The highest BCUT2D eigenvalue weighted by Gasteiger charge is 2.28. The lowest BCUT2D eigenvalue weighted by molar-refractivity contribution is -0.135. The fraction of sp³-hybridized carbons (Fsp3) is 0.667. The Kier molecular flexibility index (Phi) is 7.51. The fourth-order valence-electron chi connectivity index (χ4n) is 2.77. The predicted octanol–water partition coefficient (Wildman–Crippen LogP) is 0.569. The van der Waals surface area contributed by atoms with Crippen molar-refractivity contribution in [2.45, 2.75) is 33.1 Å². The van der Waals surface area contributed by atoms with Crippen LogP contribution in [0.1, 0.15) is 29.9 Å². The van der Waals surface area contributed by atoms with Crippen molar-refractivity contribution in [2.75, 3.05) is 26.2 Å². The number of halogens is 1. The molecule has 2 heterocycles. The maximum absolute atomic E-state index is 12.5. The number of likely N-dealkylation sites (tertiary alicyclic amines) is 1. The van der Waals surface area contributed by atoms with Gasteiger partial charge in [0.15, 0.2) is 0 Å². The van der Waals surface area contributed by atoms with Crippen LogP contribution in [0.5, 0.6) is 0 Å². The van der Waals surface area contributed by atoms with Gasteiger partial charge in [0.25, 0.3) is 0 Å². The molecule has 0 bridgehead atoms. The molecule has 8 heteroatoms. The van der Waals surface area contributed by atoms with Crippen LogP contribution in [0, 0.1) is 19.8 Å². The summed E-state index contributed by atoms with van der Waals surface area (Å²) in [7, 11) is 0. The summed E-state index contributed by atoms with van der Waals surface area (Å²) < 4.78 is 5.09. The number of carbonyl (C=O) groups is 2. The first-order chi connectivity index (χ1) is 10.5. The van der Waals surface area contributed by atoms with Crippen LogP contribution in [0.4, 0.5) is 0 Å². The molecule has 0 aliphatic carbocycles. The average molecular weight is 345 g/mol. The SMILES string of the molecule is Cc1noc(C)c1CC(=O)N1CCCC(C(=O)NCCN)C1.Cl. The second-order valence-corrected chi connectivity index (χ2v) is 5.74. The Bertz CT molecular complexity index is 527. The van der Waals surface area contributed by atoms with Crippen LogP contribution in [0.25, 0.3) is 0 Å². The fourth-order valence-corrected chi connectivity index (χ4v) is 2.77. The number of amides is 2. The molecule has 0 spiro atoms. The van der Waals surface area contributed by atoms with Crippen LogP contribution in [0.15, 0.2) is 4.52 Å². The zero-order valence-corrected chi connectivity index (χ0v) is 14.4. The number of piperidine rings is 1. The van der Waals surface area contributed by atoms with Crippen molar-refractivity contribution in [1.29, 1.82) is 0 Å². The van der Waals surface area contributed by atoms with Crippen LogP contribution in [-0.2, 0) is 16.0 Å². The van der Waals surface area contributed by atoms with Gasteiger partial charge >= 0.3 is 0 Å². The van der Waals surface area contributed by atoms with Crippen molar-refractivity contribution in [3.63, 3.8) is 0 Å². The number of hydrogen-bond donors (Lipinski definition) is 2. The summed E-state index contributed by atoms with van der Waals surface area (Å²) >= 11 is 0. The molecule has 130 valence electrons. The highest BCUT2D eigenvalue weighted by atomic mass is 35.5. The molecule has 1 aromatic heterocycles. The van der Waals surface area contributed by atoms with E-state index >= 15 is 0 Å². The second kappa shape index (κ2) is 8.88. The van der Waals surface area contributed by atoms with Crippen LogP contribution in [-0.4, -0.2) is 48.0 Å². The molecule has 23 heavy (non-hydrogen) atoms. The summed E-state index contributed by atoms with van der Waals surface area (Å²) in [6.07, 6.45) is 1.93.